The van der Waals surface area contributed by atoms with Crippen LogP contribution in [0.1, 0.15) is 10.4 Å². The molecule has 1 amide bonds. The number of nitrogens with zero attached hydrogens (tertiary/aromatic N) is 1. The van der Waals surface area contributed by atoms with Crippen LogP contribution in [0.5, 0.6) is 11.6 Å². The summed E-state index contributed by atoms with van der Waals surface area (Å²) in [5.41, 5.74) is 1.11. The van der Waals surface area contributed by atoms with Gasteiger partial charge in [-0.1, -0.05) is 24.3 Å². The monoisotopic (exact) mass is 388 g/mol. The van der Waals surface area contributed by atoms with Crippen molar-refractivity contribution in [1.29, 1.82) is 0 Å². The molecule has 0 aliphatic rings. The number of aromatic hydroxyl groups is 1. The minimum Gasteiger partial charge on any atom is -0.504 e. The Morgan fingerprint density at radius 3 is 2.76 bits per heavy atom. The van der Waals surface area contributed by atoms with Gasteiger partial charge in [0.1, 0.15) is 5.56 Å². The zero-order valence-electron chi connectivity index (χ0n) is 15.4. The van der Waals surface area contributed by atoms with Gasteiger partial charge in [-0.15, -0.1) is 0 Å². The summed E-state index contributed by atoms with van der Waals surface area (Å²) in [6.07, 6.45) is 1.63. The number of amides is 1. The molecule has 4 aromatic rings. The van der Waals surface area contributed by atoms with Crippen LogP contribution in [0.4, 0.5) is 5.69 Å². The number of anilines is 1. The number of phenols is 1. The van der Waals surface area contributed by atoms with Crippen LogP contribution in [0.2, 0.25) is 0 Å². The van der Waals surface area contributed by atoms with E-state index >= 15 is 0 Å². The Morgan fingerprint density at radius 2 is 1.93 bits per heavy atom. The molecule has 144 valence electrons. The van der Waals surface area contributed by atoms with E-state index < -0.39 is 11.5 Å². The number of methoxy groups -OCH3 is 1. The number of ether oxygens (including phenoxy) is 1. The van der Waals surface area contributed by atoms with Gasteiger partial charge in [-0.2, -0.15) is 0 Å². The Balaban J connectivity index is 1.67. The highest BCUT2D eigenvalue weighted by molar-refractivity contribution is 6.05. The largest absolute Gasteiger partial charge is 0.504 e. The van der Waals surface area contributed by atoms with E-state index in [1.165, 1.54) is 19.2 Å². The van der Waals surface area contributed by atoms with Crippen molar-refractivity contribution >= 4 is 22.6 Å². The lowest BCUT2D eigenvalue weighted by Gasteiger charge is -2.10. The molecule has 0 fully saturated rings. The highest BCUT2D eigenvalue weighted by Gasteiger charge is 2.16. The molecular weight excluding hydrogens is 372 g/mol. The fraction of sp³-hybridized carbons (Fsp3) is 0.0455. The molecule has 0 bridgehead atoms. The van der Waals surface area contributed by atoms with Gasteiger partial charge in [0, 0.05) is 22.8 Å². The SMILES string of the molecule is COc1ncccc1-c1cccc(NC(=O)c2cc3cccc(O)c3oc2=O)c1. The second-order valence-electron chi connectivity index (χ2n) is 6.24. The van der Waals surface area contributed by atoms with Crippen LogP contribution in [0.3, 0.4) is 0 Å². The van der Waals surface area contributed by atoms with Gasteiger partial charge in [0.05, 0.1) is 7.11 Å². The minimum absolute atomic E-state index is 0.0414. The standard InChI is InChI=1S/C22H16N2O5/c1-28-21-16(8-4-10-23-21)13-5-2-7-15(11-13)24-20(26)17-12-14-6-3-9-18(25)19(14)29-22(17)27/h2-12,25H,1H3,(H,24,26). The number of hydrogen-bond acceptors (Lipinski definition) is 6. The molecule has 0 saturated carbocycles. The zero-order valence-corrected chi connectivity index (χ0v) is 15.4. The van der Waals surface area contributed by atoms with E-state index in [2.05, 4.69) is 10.3 Å². The van der Waals surface area contributed by atoms with Gasteiger partial charge in [-0.05, 0) is 42.0 Å². The summed E-state index contributed by atoms with van der Waals surface area (Å²) >= 11 is 0. The summed E-state index contributed by atoms with van der Waals surface area (Å²) in [6, 6.07) is 16.8. The van der Waals surface area contributed by atoms with Gasteiger partial charge in [-0.3, -0.25) is 4.79 Å². The fourth-order valence-corrected chi connectivity index (χ4v) is 3.02. The fourth-order valence-electron chi connectivity index (χ4n) is 3.02. The molecule has 7 nitrogen and oxygen atoms in total. The van der Waals surface area contributed by atoms with Crippen molar-refractivity contribution in [2.75, 3.05) is 12.4 Å². The molecule has 0 atom stereocenters. The summed E-state index contributed by atoms with van der Waals surface area (Å²) < 4.78 is 10.4. The predicted octanol–water partition coefficient (Wildman–Crippen LogP) is 3.82. The van der Waals surface area contributed by atoms with Gasteiger partial charge in [0.15, 0.2) is 11.3 Å². The molecular formula is C22H16N2O5. The highest BCUT2D eigenvalue weighted by Crippen LogP contribution is 2.29. The summed E-state index contributed by atoms with van der Waals surface area (Å²) in [5, 5.41) is 12.9. The van der Waals surface area contributed by atoms with Gasteiger partial charge < -0.3 is 19.6 Å². The average molecular weight is 388 g/mol. The van der Waals surface area contributed by atoms with Crippen LogP contribution in [-0.4, -0.2) is 23.1 Å². The normalized spacial score (nSPS) is 10.7. The first-order valence-electron chi connectivity index (χ1n) is 8.73. The lowest BCUT2D eigenvalue weighted by Crippen LogP contribution is -2.20. The number of pyridine rings is 1. The van der Waals surface area contributed by atoms with Crippen LogP contribution >= 0.6 is 0 Å². The van der Waals surface area contributed by atoms with Gasteiger partial charge in [-0.25, -0.2) is 9.78 Å². The topological polar surface area (TPSA) is 102 Å². The Kier molecular flexibility index (Phi) is 4.70. The summed E-state index contributed by atoms with van der Waals surface area (Å²) in [4.78, 5) is 29.1. The van der Waals surface area contributed by atoms with Gasteiger partial charge in [0.2, 0.25) is 5.88 Å². The number of para-hydroxylation sites is 1. The molecule has 0 spiro atoms. The maximum Gasteiger partial charge on any atom is 0.349 e. The molecule has 2 aromatic carbocycles. The number of phenolic OH excluding ortho intramolecular Hbond substituents is 1. The maximum atomic E-state index is 12.7. The molecule has 2 heterocycles. The van der Waals surface area contributed by atoms with Crippen molar-refractivity contribution in [3.63, 3.8) is 0 Å². The molecule has 29 heavy (non-hydrogen) atoms. The van der Waals surface area contributed by atoms with E-state index in [0.29, 0.717) is 17.0 Å². The van der Waals surface area contributed by atoms with Crippen LogP contribution in [0, 0.1) is 0 Å². The number of carbonyl (C=O) groups is 1. The van der Waals surface area contributed by atoms with E-state index in [9.17, 15) is 14.7 Å². The second-order valence-corrected chi connectivity index (χ2v) is 6.24. The number of aromatic nitrogens is 1. The maximum absolute atomic E-state index is 12.7. The minimum atomic E-state index is -0.832. The molecule has 0 saturated heterocycles. The number of benzene rings is 2. The van der Waals surface area contributed by atoms with Crippen molar-refractivity contribution in [3.8, 4) is 22.8 Å². The number of nitrogens with one attached hydrogen (secondary N) is 1. The third-order valence-electron chi connectivity index (χ3n) is 4.38. The van der Waals surface area contributed by atoms with Crippen molar-refractivity contribution in [2.24, 2.45) is 0 Å². The Bertz CT molecular complexity index is 1280. The zero-order chi connectivity index (χ0) is 20.4. The predicted molar refractivity (Wildman–Crippen MR) is 108 cm³/mol. The van der Waals surface area contributed by atoms with Crippen LogP contribution in [0.15, 0.2) is 76.1 Å². The summed E-state index contributed by atoms with van der Waals surface area (Å²) in [6.45, 7) is 0. The Morgan fingerprint density at radius 1 is 1.10 bits per heavy atom. The second kappa shape index (κ2) is 7.47. The first-order valence-corrected chi connectivity index (χ1v) is 8.73. The number of rotatable bonds is 4. The van der Waals surface area contributed by atoms with E-state index in [0.717, 1.165) is 11.1 Å². The molecule has 7 heteroatoms. The van der Waals surface area contributed by atoms with Gasteiger partial charge in [0.25, 0.3) is 5.91 Å². The lowest BCUT2D eigenvalue weighted by molar-refractivity contribution is 0.102. The first-order chi connectivity index (χ1) is 14.1. The van der Waals surface area contributed by atoms with E-state index in [1.54, 1.807) is 42.6 Å². The van der Waals surface area contributed by atoms with Crippen molar-refractivity contribution in [1.82, 2.24) is 4.98 Å². The molecule has 2 N–H and O–H groups in total. The summed E-state index contributed by atoms with van der Waals surface area (Å²) in [5.74, 6) is -0.310. The van der Waals surface area contributed by atoms with Crippen LogP contribution in [-0.2, 0) is 0 Å². The average Bonchev–Trinajstić information content (AvgIpc) is 2.74. The molecule has 2 aromatic heterocycles. The molecule has 0 aliphatic carbocycles. The number of carbonyl (C=O) groups excluding carboxylic acids is 1. The van der Waals surface area contributed by atoms with Crippen molar-refractivity contribution < 1.29 is 19.1 Å². The lowest BCUT2D eigenvalue weighted by atomic mass is 10.1. The first kappa shape index (κ1) is 18.2. The third-order valence-corrected chi connectivity index (χ3v) is 4.38. The molecule has 4 rings (SSSR count). The quantitative estimate of drug-likeness (QED) is 0.515. The van der Waals surface area contributed by atoms with E-state index in [-0.39, 0.29) is 16.9 Å². The Labute approximate surface area is 165 Å². The van der Waals surface area contributed by atoms with E-state index in [4.69, 9.17) is 9.15 Å². The highest BCUT2D eigenvalue weighted by atomic mass is 16.5. The smallest absolute Gasteiger partial charge is 0.349 e. The van der Waals surface area contributed by atoms with Crippen molar-refractivity contribution in [3.05, 3.63) is 82.8 Å². The number of hydrogen-bond donors (Lipinski definition) is 2. The summed E-state index contributed by atoms with van der Waals surface area (Å²) in [7, 11) is 1.54. The molecule has 0 aliphatic heterocycles. The Hall–Kier alpha value is -4.13. The molecule has 0 radical (unpaired) electrons. The van der Waals surface area contributed by atoms with Crippen LogP contribution < -0.4 is 15.7 Å². The van der Waals surface area contributed by atoms with E-state index in [1.807, 2.05) is 12.1 Å². The van der Waals surface area contributed by atoms with Crippen molar-refractivity contribution in [2.45, 2.75) is 0 Å². The van der Waals surface area contributed by atoms with Gasteiger partial charge >= 0.3 is 5.63 Å². The molecule has 0 unspecified atom stereocenters. The number of fused-ring (bicyclic) bond motifs is 1. The van der Waals surface area contributed by atoms with Crippen LogP contribution in [0.25, 0.3) is 22.1 Å². The third kappa shape index (κ3) is 3.53.